The Labute approximate surface area is 275 Å². The van der Waals surface area contributed by atoms with Crippen molar-refractivity contribution < 1.29 is 47.1 Å². The van der Waals surface area contributed by atoms with Gasteiger partial charge in [-0.15, -0.1) is 0 Å². The number of phenols is 2. The minimum absolute atomic E-state index is 0. The van der Waals surface area contributed by atoms with Crippen LogP contribution in [0, 0.1) is 0 Å². The molecule has 15 heteroatoms. The van der Waals surface area contributed by atoms with Crippen molar-refractivity contribution in [2.24, 2.45) is 10.2 Å². The minimum atomic E-state index is -0.607. The number of hydrogen-bond donors (Lipinski definition) is 4. The smallest absolute Gasteiger partial charge is 0.871 e. The van der Waals surface area contributed by atoms with E-state index in [2.05, 4.69) is 21.1 Å². The molecule has 0 aromatic heterocycles. The molecule has 0 aliphatic heterocycles. The standard InChI is InChI=1S/2C14H10Cl2N2O3.Mn/c2*15-9-5-8(13(20)11(16)6-9)7-17-18-14(21)10-3-1-2-4-12(10)19;/h2*1-7,19-20H,(H,18,21);/q;;+2/p-2/b2*17-7+;. The molecule has 0 unspecified atom stereocenters. The van der Waals surface area contributed by atoms with Crippen molar-refractivity contribution in [3.8, 4) is 23.0 Å². The van der Waals surface area contributed by atoms with Crippen LogP contribution in [-0.4, -0.2) is 34.5 Å². The molecule has 221 valence electrons. The predicted octanol–water partition coefficient (Wildman–Crippen LogP) is 5.07. The molecular weight excluding hydrogens is 685 g/mol. The number of carbonyl (C=O) groups excluding carboxylic acids is 2. The zero-order chi connectivity index (χ0) is 30.8. The second-order valence-corrected chi connectivity index (χ2v) is 9.73. The summed E-state index contributed by atoms with van der Waals surface area (Å²) in [4.78, 5) is 23.5. The Morgan fingerprint density at radius 1 is 0.651 bits per heavy atom. The molecule has 4 rings (SSSR count). The Morgan fingerprint density at radius 3 is 1.35 bits per heavy atom. The number of amides is 2. The van der Waals surface area contributed by atoms with Crippen molar-refractivity contribution in [1.29, 1.82) is 0 Å². The molecule has 4 aromatic carbocycles. The molecule has 0 heterocycles. The summed E-state index contributed by atoms with van der Waals surface area (Å²) in [5, 5.41) is 50.2. The van der Waals surface area contributed by atoms with Crippen molar-refractivity contribution in [1.82, 2.24) is 10.9 Å². The maximum atomic E-state index is 11.8. The summed E-state index contributed by atoms with van der Waals surface area (Å²) in [7, 11) is 0. The summed E-state index contributed by atoms with van der Waals surface area (Å²) < 4.78 is 0. The first kappa shape index (κ1) is 35.2. The first-order valence-electron chi connectivity index (χ1n) is 11.5. The quantitative estimate of drug-likeness (QED) is 0.124. The fraction of sp³-hybridized carbons (Fsp3) is 0. The van der Waals surface area contributed by atoms with Gasteiger partial charge in [-0.2, -0.15) is 10.2 Å². The van der Waals surface area contributed by atoms with Gasteiger partial charge < -0.3 is 20.4 Å². The third-order valence-corrected chi connectivity index (χ3v) is 6.11. The first-order valence-corrected chi connectivity index (χ1v) is 13.0. The van der Waals surface area contributed by atoms with Gasteiger partial charge in [0, 0.05) is 20.1 Å². The average molecular weight is 703 g/mol. The number of hydrogen-bond acceptors (Lipinski definition) is 8. The molecule has 0 spiro atoms. The third-order valence-electron chi connectivity index (χ3n) is 5.11. The number of nitrogens with one attached hydrogen (secondary N) is 2. The van der Waals surface area contributed by atoms with Gasteiger partial charge >= 0.3 is 17.1 Å². The number of benzene rings is 4. The normalized spacial score (nSPS) is 10.5. The average Bonchev–Trinajstić information content (AvgIpc) is 2.94. The van der Waals surface area contributed by atoms with Gasteiger partial charge in [0.05, 0.1) is 23.6 Å². The van der Waals surface area contributed by atoms with E-state index in [-0.39, 0.29) is 70.9 Å². The Bertz CT molecular complexity index is 1560. The van der Waals surface area contributed by atoms with Crippen LogP contribution in [0.3, 0.4) is 0 Å². The van der Waals surface area contributed by atoms with Crippen molar-refractivity contribution in [3.05, 3.63) is 115 Å². The molecule has 0 atom stereocenters. The molecule has 0 aliphatic rings. The van der Waals surface area contributed by atoms with E-state index in [0.717, 1.165) is 12.4 Å². The van der Waals surface area contributed by atoms with E-state index in [1.54, 1.807) is 24.3 Å². The number of halogens is 4. The van der Waals surface area contributed by atoms with Gasteiger partial charge in [-0.3, -0.25) is 9.59 Å². The number of hydrazone groups is 2. The Morgan fingerprint density at radius 2 is 1.00 bits per heavy atom. The van der Waals surface area contributed by atoms with Gasteiger partial charge in [-0.25, -0.2) is 10.9 Å². The Hall–Kier alpha value is -3.96. The van der Waals surface area contributed by atoms with Crippen LogP contribution in [0.1, 0.15) is 31.8 Å². The molecule has 0 aliphatic carbocycles. The maximum Gasteiger partial charge on any atom is 2.00 e. The Balaban J connectivity index is 0.000000293. The fourth-order valence-electron chi connectivity index (χ4n) is 3.12. The Kier molecular flexibility index (Phi) is 13.6. The number of phenolic OH excluding ortho intramolecular Hbond substituents is 2. The summed E-state index contributed by atoms with van der Waals surface area (Å²) in [5.41, 5.74) is 4.83. The first-order chi connectivity index (χ1) is 20.0. The second-order valence-electron chi connectivity index (χ2n) is 8.04. The SMILES string of the molecule is O=C(N/N=C/c1cc(Cl)cc(Cl)c1[O-])c1ccccc1O.O=C(N/N=C/c1cc(Cl)cc(Cl)c1[O-])c1ccccc1O.[Mn+2]. The third kappa shape index (κ3) is 10.1. The molecule has 0 fully saturated rings. The zero-order valence-electron chi connectivity index (χ0n) is 21.4. The molecule has 1 radical (unpaired) electrons. The summed E-state index contributed by atoms with van der Waals surface area (Å²) in [6, 6.07) is 17.4. The van der Waals surface area contributed by atoms with E-state index in [0.29, 0.717) is 0 Å². The van der Waals surface area contributed by atoms with E-state index >= 15 is 0 Å². The molecule has 2 amide bonds. The maximum absolute atomic E-state index is 11.8. The van der Waals surface area contributed by atoms with Crippen LogP contribution in [0.2, 0.25) is 20.1 Å². The fourth-order valence-corrected chi connectivity index (χ4v) is 4.14. The van der Waals surface area contributed by atoms with Gasteiger partial charge in [-0.1, -0.05) is 82.2 Å². The van der Waals surface area contributed by atoms with Crippen LogP contribution in [0.5, 0.6) is 23.0 Å². The van der Waals surface area contributed by atoms with Crippen LogP contribution in [0.15, 0.2) is 83.0 Å². The number of rotatable bonds is 6. The summed E-state index contributed by atoms with van der Waals surface area (Å²) in [6.45, 7) is 0. The van der Waals surface area contributed by atoms with Gasteiger partial charge in [0.25, 0.3) is 11.8 Å². The molecule has 0 saturated carbocycles. The number of carbonyl (C=O) groups is 2. The van der Waals surface area contributed by atoms with Gasteiger partial charge in [0.15, 0.2) is 0 Å². The molecule has 10 nitrogen and oxygen atoms in total. The zero-order valence-corrected chi connectivity index (χ0v) is 25.6. The summed E-state index contributed by atoms with van der Waals surface area (Å²) in [5.74, 6) is -2.43. The number of para-hydroxylation sites is 2. The van der Waals surface area contributed by atoms with Crippen LogP contribution in [-0.2, 0) is 17.1 Å². The van der Waals surface area contributed by atoms with Crippen LogP contribution in [0.25, 0.3) is 0 Å². The molecule has 4 aromatic rings. The summed E-state index contributed by atoms with van der Waals surface area (Å²) in [6.07, 6.45) is 2.27. The van der Waals surface area contributed by atoms with E-state index in [4.69, 9.17) is 46.4 Å². The van der Waals surface area contributed by atoms with E-state index in [1.165, 1.54) is 48.5 Å². The molecule has 4 N–H and O–H groups in total. The predicted molar refractivity (Wildman–Crippen MR) is 158 cm³/mol. The largest absolute Gasteiger partial charge is 2.00 e. The van der Waals surface area contributed by atoms with E-state index in [9.17, 15) is 30.0 Å². The van der Waals surface area contributed by atoms with Gasteiger partial charge in [0.1, 0.15) is 11.5 Å². The van der Waals surface area contributed by atoms with Crippen molar-refractivity contribution in [2.75, 3.05) is 0 Å². The van der Waals surface area contributed by atoms with Gasteiger partial charge in [0.2, 0.25) is 0 Å². The van der Waals surface area contributed by atoms with Crippen molar-refractivity contribution >= 4 is 70.6 Å². The van der Waals surface area contributed by atoms with Crippen LogP contribution >= 0.6 is 46.4 Å². The van der Waals surface area contributed by atoms with Crippen molar-refractivity contribution in [3.63, 3.8) is 0 Å². The second kappa shape index (κ2) is 16.6. The molecule has 0 bridgehead atoms. The monoisotopic (exact) mass is 701 g/mol. The van der Waals surface area contributed by atoms with Crippen LogP contribution < -0.4 is 21.1 Å². The minimum Gasteiger partial charge on any atom is -0.871 e. The molecular formula is C28H18Cl4MnN4O6. The van der Waals surface area contributed by atoms with E-state index in [1.807, 2.05) is 0 Å². The molecule has 0 saturated heterocycles. The van der Waals surface area contributed by atoms with Crippen molar-refractivity contribution in [2.45, 2.75) is 0 Å². The van der Waals surface area contributed by atoms with Gasteiger partial charge in [-0.05, 0) is 59.7 Å². The summed E-state index contributed by atoms with van der Waals surface area (Å²) >= 11 is 22.9. The topological polar surface area (TPSA) is 169 Å². The van der Waals surface area contributed by atoms with E-state index < -0.39 is 23.3 Å². The van der Waals surface area contributed by atoms with Crippen LogP contribution in [0.4, 0.5) is 0 Å². The number of aromatic hydroxyl groups is 2. The number of nitrogens with zero attached hydrogens (tertiary/aromatic N) is 2. The molecule has 43 heavy (non-hydrogen) atoms.